The summed E-state index contributed by atoms with van der Waals surface area (Å²) in [6, 6.07) is 21.5. The van der Waals surface area contributed by atoms with Gasteiger partial charge < -0.3 is 0 Å². The lowest BCUT2D eigenvalue weighted by Gasteiger charge is -2.49. The summed E-state index contributed by atoms with van der Waals surface area (Å²) < 4.78 is 0. The Morgan fingerprint density at radius 1 is 0.667 bits per heavy atom. The molecule has 0 spiro atoms. The first kappa shape index (κ1) is 13.3. The minimum atomic E-state index is -0.707. The van der Waals surface area contributed by atoms with Crippen LogP contribution in [0.3, 0.4) is 0 Å². The van der Waals surface area contributed by atoms with E-state index in [1.54, 1.807) is 0 Å². The molecule has 0 amide bonds. The van der Waals surface area contributed by atoms with E-state index in [1.165, 1.54) is 0 Å². The van der Waals surface area contributed by atoms with Gasteiger partial charge in [0, 0.05) is 11.8 Å². The molecule has 0 saturated carbocycles. The highest BCUT2D eigenvalue weighted by Crippen LogP contribution is 2.59. The molecule has 112 valence electrons. The average Bonchev–Trinajstić information content (AvgIpc) is 2.64. The maximum absolute atomic E-state index is 10.2. The van der Waals surface area contributed by atoms with Crippen LogP contribution in [0.4, 0.5) is 0 Å². The smallest absolute Gasteiger partial charge is 0.111 e. The fraction of sp³-hybridized carbons (Fsp3) is 0.182. The molecule has 0 radical (unpaired) electrons. The molecule has 2 nitrogen and oxygen atoms in total. The van der Waals surface area contributed by atoms with E-state index < -0.39 is 10.8 Å². The lowest BCUT2D eigenvalue weighted by molar-refractivity contribution is 0.473. The van der Waals surface area contributed by atoms with Crippen LogP contribution in [0.15, 0.2) is 72.8 Å². The van der Waals surface area contributed by atoms with E-state index in [-0.39, 0.29) is 11.8 Å². The molecular weight excluding hydrogens is 292 g/mol. The average molecular weight is 306 g/mol. The second kappa shape index (κ2) is 4.25. The van der Waals surface area contributed by atoms with Crippen LogP contribution >= 0.6 is 0 Å². The van der Waals surface area contributed by atoms with Gasteiger partial charge in [-0.3, -0.25) is 0 Å². The van der Waals surface area contributed by atoms with Gasteiger partial charge in [-0.05, 0) is 22.3 Å². The molecule has 4 bridgehead atoms. The Bertz CT molecular complexity index is 933. The second-order valence-electron chi connectivity index (χ2n) is 6.81. The van der Waals surface area contributed by atoms with Crippen molar-refractivity contribution >= 4 is 0 Å². The molecule has 0 unspecified atom stereocenters. The number of rotatable bonds is 0. The monoisotopic (exact) mass is 306 g/mol. The number of nitriles is 2. The Morgan fingerprint density at radius 3 is 1.50 bits per heavy atom. The van der Waals surface area contributed by atoms with E-state index in [9.17, 15) is 10.5 Å². The highest BCUT2D eigenvalue weighted by Gasteiger charge is 2.55. The molecule has 0 N–H and O–H groups in total. The SMILES string of the molecule is N#C[C@@]12C=C[C@@H](c3ccccc31)[C@]1(C#N)C=C[C@H]2c2ccccc21. The zero-order valence-corrected chi connectivity index (χ0v) is 13.0. The first-order valence-corrected chi connectivity index (χ1v) is 8.17. The molecule has 3 aliphatic rings. The van der Waals surface area contributed by atoms with Crippen molar-refractivity contribution < 1.29 is 0 Å². The van der Waals surface area contributed by atoms with Crippen LogP contribution in [0.1, 0.15) is 34.1 Å². The maximum atomic E-state index is 10.2. The van der Waals surface area contributed by atoms with Crippen molar-refractivity contribution in [3.8, 4) is 12.1 Å². The van der Waals surface area contributed by atoms with Crippen molar-refractivity contribution in [2.75, 3.05) is 0 Å². The summed E-state index contributed by atoms with van der Waals surface area (Å²) in [7, 11) is 0. The van der Waals surface area contributed by atoms with Crippen LogP contribution in [-0.2, 0) is 10.8 Å². The van der Waals surface area contributed by atoms with Crippen molar-refractivity contribution in [2.24, 2.45) is 0 Å². The third-order valence-electron chi connectivity index (χ3n) is 5.94. The van der Waals surface area contributed by atoms with Crippen LogP contribution in [0.25, 0.3) is 0 Å². The van der Waals surface area contributed by atoms with Crippen molar-refractivity contribution in [1.29, 1.82) is 10.5 Å². The van der Waals surface area contributed by atoms with E-state index in [2.05, 4.69) is 48.6 Å². The van der Waals surface area contributed by atoms with Gasteiger partial charge in [0.1, 0.15) is 10.8 Å². The van der Waals surface area contributed by atoms with Crippen LogP contribution in [-0.4, -0.2) is 0 Å². The molecule has 24 heavy (non-hydrogen) atoms. The largest absolute Gasteiger partial charge is 0.197 e. The quantitative estimate of drug-likeness (QED) is 0.684. The molecule has 0 saturated heterocycles. The molecular formula is C22H14N2. The molecule has 5 rings (SSSR count). The van der Waals surface area contributed by atoms with Gasteiger partial charge in [0.05, 0.1) is 12.1 Å². The molecule has 2 aromatic carbocycles. The van der Waals surface area contributed by atoms with Gasteiger partial charge in [0.2, 0.25) is 0 Å². The molecule has 0 aromatic heterocycles. The Morgan fingerprint density at radius 2 is 1.08 bits per heavy atom. The third-order valence-corrected chi connectivity index (χ3v) is 5.94. The lowest BCUT2D eigenvalue weighted by Crippen LogP contribution is -2.45. The normalized spacial score (nSPS) is 33.8. The van der Waals surface area contributed by atoms with Gasteiger partial charge in [-0.25, -0.2) is 0 Å². The number of allylic oxidation sites excluding steroid dienone is 4. The van der Waals surface area contributed by atoms with Gasteiger partial charge in [0.15, 0.2) is 0 Å². The summed E-state index contributed by atoms with van der Waals surface area (Å²) in [6.07, 6.45) is 8.24. The summed E-state index contributed by atoms with van der Waals surface area (Å²) in [4.78, 5) is 0. The van der Waals surface area contributed by atoms with Crippen molar-refractivity contribution in [2.45, 2.75) is 22.7 Å². The molecule has 2 heteroatoms. The minimum absolute atomic E-state index is 0.0705. The first-order valence-electron chi connectivity index (χ1n) is 8.17. The summed E-state index contributed by atoms with van der Waals surface area (Å²) in [5.74, 6) is -0.141. The fourth-order valence-electron chi connectivity index (χ4n) is 4.84. The number of hydrogen-bond donors (Lipinski definition) is 0. The number of benzene rings is 2. The predicted octanol–water partition coefficient (Wildman–Crippen LogP) is 4.23. The van der Waals surface area contributed by atoms with Crippen molar-refractivity contribution in [3.05, 3.63) is 95.1 Å². The highest BCUT2D eigenvalue weighted by molar-refractivity contribution is 5.66. The van der Waals surface area contributed by atoms with Gasteiger partial charge in [-0.15, -0.1) is 0 Å². The molecule has 0 fully saturated rings. The molecule has 4 atom stereocenters. The van der Waals surface area contributed by atoms with Gasteiger partial charge >= 0.3 is 0 Å². The number of hydrogen-bond acceptors (Lipinski definition) is 2. The second-order valence-corrected chi connectivity index (χ2v) is 6.81. The Labute approximate surface area is 141 Å². The highest BCUT2D eigenvalue weighted by atomic mass is 14.6. The van der Waals surface area contributed by atoms with Crippen molar-refractivity contribution in [1.82, 2.24) is 0 Å². The number of fused-ring (bicyclic) bond motifs is 2. The van der Waals surface area contributed by atoms with E-state index in [0.29, 0.717) is 0 Å². The summed E-state index contributed by atoms with van der Waals surface area (Å²) in [5.41, 5.74) is 2.88. The van der Waals surface area contributed by atoms with Gasteiger partial charge in [-0.1, -0.05) is 72.8 Å². The Balaban J connectivity index is 1.98. The first-order chi connectivity index (χ1) is 11.8. The van der Waals surface area contributed by atoms with Crippen molar-refractivity contribution in [3.63, 3.8) is 0 Å². The molecule has 0 heterocycles. The fourth-order valence-corrected chi connectivity index (χ4v) is 4.84. The topological polar surface area (TPSA) is 47.6 Å². The van der Waals surface area contributed by atoms with Crippen LogP contribution in [0.2, 0.25) is 0 Å². The van der Waals surface area contributed by atoms with Crippen LogP contribution in [0.5, 0.6) is 0 Å². The molecule has 0 aliphatic heterocycles. The zero-order chi connectivity index (χ0) is 16.4. The summed E-state index contributed by atoms with van der Waals surface area (Å²) >= 11 is 0. The lowest BCUT2D eigenvalue weighted by atomic mass is 9.51. The minimum Gasteiger partial charge on any atom is -0.197 e. The Hall–Kier alpha value is -3.10. The molecule has 2 aromatic rings. The van der Waals surface area contributed by atoms with Crippen LogP contribution < -0.4 is 0 Å². The standard InChI is InChI=1S/C22H14N2/c23-13-21-11-9-19(15-5-1-3-7-17(15)21)22(14-24)12-10-20(21)16-6-2-4-8-18(16)22/h1-12,19-20H/t19-,20-,21-,22-/m0/s1. The zero-order valence-electron chi connectivity index (χ0n) is 13.0. The van der Waals surface area contributed by atoms with Gasteiger partial charge in [-0.2, -0.15) is 10.5 Å². The maximum Gasteiger partial charge on any atom is 0.111 e. The van der Waals surface area contributed by atoms with E-state index in [4.69, 9.17) is 0 Å². The third kappa shape index (κ3) is 1.28. The van der Waals surface area contributed by atoms with Gasteiger partial charge in [0.25, 0.3) is 0 Å². The van der Waals surface area contributed by atoms with E-state index in [0.717, 1.165) is 22.3 Å². The van der Waals surface area contributed by atoms with Crippen LogP contribution in [0, 0.1) is 22.7 Å². The molecule has 3 aliphatic carbocycles. The summed E-state index contributed by atoms with van der Waals surface area (Å²) in [6.45, 7) is 0. The van der Waals surface area contributed by atoms with E-state index >= 15 is 0 Å². The Kier molecular flexibility index (Phi) is 2.36. The predicted molar refractivity (Wildman–Crippen MR) is 91.2 cm³/mol. The number of nitrogens with zero attached hydrogens (tertiary/aromatic N) is 2. The summed E-state index contributed by atoms with van der Waals surface area (Å²) in [5, 5.41) is 20.4. The van der Waals surface area contributed by atoms with E-state index in [1.807, 2.05) is 36.4 Å².